The van der Waals surface area contributed by atoms with Gasteiger partial charge < -0.3 is 9.80 Å². The lowest BCUT2D eigenvalue weighted by molar-refractivity contribution is -0.138. The predicted octanol–water partition coefficient (Wildman–Crippen LogP) is 3.16. The number of amides is 1. The Morgan fingerprint density at radius 1 is 1.04 bits per heavy atom. The van der Waals surface area contributed by atoms with Crippen molar-refractivity contribution in [3.8, 4) is 0 Å². The maximum absolute atomic E-state index is 13.2. The fourth-order valence-corrected chi connectivity index (χ4v) is 5.31. The summed E-state index contributed by atoms with van der Waals surface area (Å²) in [7, 11) is 0. The summed E-state index contributed by atoms with van der Waals surface area (Å²) in [6.45, 7) is 9.84. The van der Waals surface area contributed by atoms with Gasteiger partial charge in [-0.1, -0.05) is 31.2 Å². The number of nitrogens with zero attached hydrogens (tertiary/aromatic N) is 3. The van der Waals surface area contributed by atoms with Gasteiger partial charge in [-0.2, -0.15) is 0 Å². The third-order valence-electron chi connectivity index (χ3n) is 6.86. The molecule has 0 radical (unpaired) electrons. The fraction of sp³-hybridized carbons (Fsp3) is 0.696. The van der Waals surface area contributed by atoms with Gasteiger partial charge in [0.25, 0.3) is 0 Å². The molecule has 0 aromatic heterocycles. The summed E-state index contributed by atoms with van der Waals surface area (Å²) in [5, 5.41) is 0. The molecule has 0 spiro atoms. The van der Waals surface area contributed by atoms with Gasteiger partial charge in [0.15, 0.2) is 0 Å². The predicted molar refractivity (Wildman–Crippen MR) is 110 cm³/mol. The van der Waals surface area contributed by atoms with E-state index in [0.29, 0.717) is 11.9 Å². The van der Waals surface area contributed by atoms with Crippen LogP contribution in [0.2, 0.25) is 0 Å². The van der Waals surface area contributed by atoms with Crippen molar-refractivity contribution in [1.29, 1.82) is 0 Å². The van der Waals surface area contributed by atoms with Crippen LogP contribution in [0.25, 0.3) is 0 Å². The normalized spacial score (nSPS) is 25.4. The van der Waals surface area contributed by atoms with Gasteiger partial charge in [0, 0.05) is 25.7 Å². The van der Waals surface area contributed by atoms with E-state index in [-0.39, 0.29) is 5.92 Å². The molecule has 0 aliphatic carbocycles. The summed E-state index contributed by atoms with van der Waals surface area (Å²) in [6, 6.07) is 9.30. The monoisotopic (exact) mass is 369 g/mol. The number of piperidine rings is 2. The number of likely N-dealkylation sites (tertiary alicyclic amines) is 2. The zero-order valence-electron chi connectivity index (χ0n) is 16.9. The van der Waals surface area contributed by atoms with E-state index in [9.17, 15) is 4.79 Å². The Kier molecular flexibility index (Phi) is 6.14. The lowest BCUT2D eigenvalue weighted by Crippen LogP contribution is -2.51. The van der Waals surface area contributed by atoms with Crippen LogP contribution in [0.5, 0.6) is 0 Å². The van der Waals surface area contributed by atoms with Gasteiger partial charge in [0.05, 0.1) is 5.92 Å². The summed E-state index contributed by atoms with van der Waals surface area (Å²) >= 11 is 0. The van der Waals surface area contributed by atoms with E-state index in [2.05, 4.69) is 45.9 Å². The maximum atomic E-state index is 13.2. The van der Waals surface area contributed by atoms with E-state index < -0.39 is 0 Å². The van der Waals surface area contributed by atoms with Crippen LogP contribution >= 0.6 is 0 Å². The Labute approximate surface area is 164 Å². The van der Waals surface area contributed by atoms with Gasteiger partial charge >= 0.3 is 0 Å². The van der Waals surface area contributed by atoms with Gasteiger partial charge in [-0.05, 0) is 75.8 Å². The van der Waals surface area contributed by atoms with Crippen molar-refractivity contribution in [1.82, 2.24) is 14.7 Å². The largest absolute Gasteiger partial charge is 0.338 e. The first-order chi connectivity index (χ1) is 13.2. The fourth-order valence-electron chi connectivity index (χ4n) is 5.31. The maximum Gasteiger partial charge on any atom is 0.227 e. The van der Waals surface area contributed by atoms with Gasteiger partial charge in [-0.25, -0.2) is 0 Å². The molecule has 148 valence electrons. The smallest absolute Gasteiger partial charge is 0.227 e. The molecule has 4 heteroatoms. The average Bonchev–Trinajstić information content (AvgIpc) is 2.74. The van der Waals surface area contributed by atoms with Crippen LogP contribution in [-0.2, 0) is 17.8 Å². The molecule has 1 atom stereocenters. The Morgan fingerprint density at radius 2 is 1.81 bits per heavy atom. The van der Waals surface area contributed by atoms with Crippen LogP contribution < -0.4 is 0 Å². The molecule has 3 aliphatic heterocycles. The average molecular weight is 370 g/mol. The van der Waals surface area contributed by atoms with Crippen molar-refractivity contribution in [3.63, 3.8) is 0 Å². The van der Waals surface area contributed by atoms with Crippen LogP contribution in [-0.4, -0.2) is 65.9 Å². The molecule has 4 rings (SSSR count). The Bertz CT molecular complexity index is 638. The van der Waals surface area contributed by atoms with Crippen molar-refractivity contribution in [2.24, 2.45) is 5.92 Å². The quantitative estimate of drug-likeness (QED) is 0.816. The minimum Gasteiger partial charge on any atom is -0.338 e. The minimum absolute atomic E-state index is 0.206. The Morgan fingerprint density at radius 3 is 2.59 bits per heavy atom. The molecule has 0 saturated carbocycles. The zero-order valence-corrected chi connectivity index (χ0v) is 16.9. The molecular formula is C23H35N3O. The van der Waals surface area contributed by atoms with Crippen LogP contribution in [0.4, 0.5) is 0 Å². The van der Waals surface area contributed by atoms with Gasteiger partial charge in [-0.15, -0.1) is 0 Å². The SMILES string of the molecule is CCCN1CCC(N2CCC[C@H](C(=O)N3CCc4ccccc4C3)C2)CC1. The third kappa shape index (κ3) is 4.38. The number of fused-ring (bicyclic) bond motifs is 1. The number of carbonyl (C=O) groups excluding carboxylic acids is 1. The summed E-state index contributed by atoms with van der Waals surface area (Å²) in [4.78, 5) is 20.6. The molecule has 2 saturated heterocycles. The topological polar surface area (TPSA) is 26.8 Å². The summed E-state index contributed by atoms with van der Waals surface area (Å²) in [5.74, 6) is 0.607. The van der Waals surface area contributed by atoms with Gasteiger partial charge in [-0.3, -0.25) is 9.69 Å². The van der Waals surface area contributed by atoms with E-state index in [1.807, 2.05) is 0 Å². The lowest BCUT2D eigenvalue weighted by Gasteiger charge is -2.43. The van der Waals surface area contributed by atoms with E-state index in [0.717, 1.165) is 32.5 Å². The molecule has 3 aliphatic rings. The van der Waals surface area contributed by atoms with Crippen LogP contribution in [0.1, 0.15) is 50.2 Å². The minimum atomic E-state index is 0.206. The summed E-state index contributed by atoms with van der Waals surface area (Å²) < 4.78 is 0. The van der Waals surface area contributed by atoms with Crippen molar-refractivity contribution >= 4 is 5.91 Å². The molecule has 4 nitrogen and oxygen atoms in total. The van der Waals surface area contributed by atoms with E-state index in [4.69, 9.17) is 0 Å². The zero-order chi connectivity index (χ0) is 18.6. The first kappa shape index (κ1) is 18.9. The summed E-state index contributed by atoms with van der Waals surface area (Å²) in [5.41, 5.74) is 2.76. The van der Waals surface area contributed by atoms with Crippen molar-refractivity contribution in [3.05, 3.63) is 35.4 Å². The molecule has 1 aromatic carbocycles. The van der Waals surface area contributed by atoms with Crippen LogP contribution in [0.3, 0.4) is 0 Å². The highest BCUT2D eigenvalue weighted by molar-refractivity contribution is 5.79. The number of hydrogen-bond acceptors (Lipinski definition) is 3. The number of benzene rings is 1. The standard InChI is InChI=1S/C23H35N3O/c1-2-12-24-14-10-22(11-15-24)25-13-5-8-21(18-25)23(27)26-16-9-19-6-3-4-7-20(19)17-26/h3-4,6-7,21-22H,2,5,8-18H2,1H3/t21-/m0/s1. The second-order valence-electron chi connectivity index (χ2n) is 8.69. The van der Waals surface area contributed by atoms with E-state index in [1.54, 1.807) is 0 Å². The number of carbonyl (C=O) groups is 1. The second-order valence-corrected chi connectivity index (χ2v) is 8.69. The molecule has 0 bridgehead atoms. The second kappa shape index (κ2) is 8.74. The third-order valence-corrected chi connectivity index (χ3v) is 6.86. The van der Waals surface area contributed by atoms with Crippen molar-refractivity contribution in [2.75, 3.05) is 39.3 Å². The van der Waals surface area contributed by atoms with Crippen molar-refractivity contribution in [2.45, 2.75) is 58.0 Å². The number of rotatable bonds is 4. The first-order valence-electron chi connectivity index (χ1n) is 11.1. The van der Waals surface area contributed by atoms with Gasteiger partial charge in [0.1, 0.15) is 0 Å². The van der Waals surface area contributed by atoms with Crippen LogP contribution in [0, 0.1) is 5.92 Å². The molecule has 3 heterocycles. The highest BCUT2D eigenvalue weighted by Gasteiger charge is 2.34. The van der Waals surface area contributed by atoms with Crippen LogP contribution in [0.15, 0.2) is 24.3 Å². The molecule has 1 aromatic rings. The Balaban J connectivity index is 1.33. The molecule has 0 N–H and O–H groups in total. The Hall–Kier alpha value is -1.39. The molecule has 27 heavy (non-hydrogen) atoms. The molecule has 0 unspecified atom stereocenters. The first-order valence-corrected chi connectivity index (χ1v) is 11.1. The van der Waals surface area contributed by atoms with E-state index >= 15 is 0 Å². The van der Waals surface area contributed by atoms with Gasteiger partial charge in [0.2, 0.25) is 5.91 Å². The lowest BCUT2D eigenvalue weighted by atomic mass is 9.91. The number of hydrogen-bond donors (Lipinski definition) is 0. The molecule has 2 fully saturated rings. The highest BCUT2D eigenvalue weighted by atomic mass is 16.2. The van der Waals surface area contributed by atoms with Crippen molar-refractivity contribution < 1.29 is 4.79 Å². The summed E-state index contributed by atoms with van der Waals surface area (Å²) in [6.07, 6.45) is 7.06. The molecular weight excluding hydrogens is 334 g/mol. The highest BCUT2D eigenvalue weighted by Crippen LogP contribution is 2.27. The molecule has 1 amide bonds. The van der Waals surface area contributed by atoms with E-state index in [1.165, 1.54) is 63.0 Å².